The number of rotatable bonds is 0. The van der Waals surface area contributed by atoms with E-state index < -0.39 is 0 Å². The lowest BCUT2D eigenvalue weighted by Crippen LogP contribution is -1.84. The number of nitrogens with zero attached hydrogens (tertiary/aromatic N) is 1. The molecule has 0 saturated carbocycles. The maximum Gasteiger partial charge on any atom is 0.150 e. The lowest BCUT2D eigenvalue weighted by atomic mass is 10.2. The average Bonchev–Trinajstić information content (AvgIpc) is 2.04. The van der Waals surface area contributed by atoms with Gasteiger partial charge < -0.3 is 0 Å². The molecule has 0 radical (unpaired) electrons. The van der Waals surface area contributed by atoms with E-state index in [1.807, 2.05) is 18.2 Å². The zero-order chi connectivity index (χ0) is 8.55. The summed E-state index contributed by atoms with van der Waals surface area (Å²) >= 11 is 2.12. The minimum atomic E-state index is -0.252. The molecular formula is C9H5FIN. The van der Waals surface area contributed by atoms with Gasteiger partial charge in [-0.2, -0.15) is 0 Å². The molecule has 0 bridgehead atoms. The molecular weight excluding hydrogens is 268 g/mol. The van der Waals surface area contributed by atoms with Crippen LogP contribution >= 0.6 is 22.6 Å². The van der Waals surface area contributed by atoms with E-state index in [0.29, 0.717) is 5.39 Å². The van der Waals surface area contributed by atoms with Gasteiger partial charge in [-0.05, 0) is 28.7 Å². The Bertz CT molecular complexity index is 391. The number of pyridine rings is 1. The third-order valence-electron chi connectivity index (χ3n) is 1.69. The molecule has 0 saturated heterocycles. The van der Waals surface area contributed by atoms with Gasteiger partial charge in [0, 0.05) is 20.5 Å². The van der Waals surface area contributed by atoms with E-state index in [9.17, 15) is 4.39 Å². The molecule has 0 atom stereocenters. The van der Waals surface area contributed by atoms with Crippen molar-refractivity contribution in [1.82, 2.24) is 4.98 Å². The maximum absolute atomic E-state index is 13.2. The molecule has 0 amide bonds. The lowest BCUT2D eigenvalue weighted by Gasteiger charge is -1.99. The van der Waals surface area contributed by atoms with E-state index in [0.717, 1.165) is 8.96 Å². The van der Waals surface area contributed by atoms with E-state index in [4.69, 9.17) is 0 Å². The first-order valence-electron chi connectivity index (χ1n) is 3.47. The number of halogens is 2. The lowest BCUT2D eigenvalue weighted by molar-refractivity contribution is 0.633. The summed E-state index contributed by atoms with van der Waals surface area (Å²) in [6.07, 6.45) is 2.91. The summed E-state index contributed by atoms with van der Waals surface area (Å²) in [7, 11) is 0. The predicted molar refractivity (Wildman–Crippen MR) is 54.4 cm³/mol. The topological polar surface area (TPSA) is 12.9 Å². The molecule has 1 aromatic carbocycles. The van der Waals surface area contributed by atoms with E-state index in [2.05, 4.69) is 27.6 Å². The van der Waals surface area contributed by atoms with Crippen LogP contribution in [0.5, 0.6) is 0 Å². The van der Waals surface area contributed by atoms with Gasteiger partial charge in [-0.1, -0.05) is 12.1 Å². The molecule has 1 heterocycles. The fourth-order valence-corrected chi connectivity index (χ4v) is 1.92. The van der Waals surface area contributed by atoms with Gasteiger partial charge in [0.15, 0.2) is 0 Å². The van der Waals surface area contributed by atoms with E-state index >= 15 is 0 Å². The number of hydrogen-bond acceptors (Lipinski definition) is 1. The van der Waals surface area contributed by atoms with Gasteiger partial charge >= 0.3 is 0 Å². The van der Waals surface area contributed by atoms with Gasteiger partial charge in [-0.3, -0.25) is 4.98 Å². The summed E-state index contributed by atoms with van der Waals surface area (Å²) < 4.78 is 14.1. The van der Waals surface area contributed by atoms with Gasteiger partial charge in [0.1, 0.15) is 5.82 Å². The molecule has 0 spiro atoms. The fraction of sp³-hybridized carbons (Fsp3) is 0. The van der Waals surface area contributed by atoms with Crippen LogP contribution in [0, 0.1) is 9.39 Å². The molecule has 0 unspecified atom stereocenters. The molecule has 2 rings (SSSR count). The van der Waals surface area contributed by atoms with Crippen LogP contribution in [-0.2, 0) is 0 Å². The number of benzene rings is 1. The van der Waals surface area contributed by atoms with Crippen LogP contribution in [0.2, 0.25) is 0 Å². The second-order valence-corrected chi connectivity index (χ2v) is 3.62. The molecule has 1 nitrogen and oxygen atoms in total. The Labute approximate surface area is 82.8 Å². The first-order valence-corrected chi connectivity index (χ1v) is 4.54. The Hall–Kier alpha value is -0.710. The van der Waals surface area contributed by atoms with Crippen molar-refractivity contribution in [1.29, 1.82) is 0 Å². The largest absolute Gasteiger partial charge is 0.261 e. The zero-order valence-corrected chi connectivity index (χ0v) is 8.25. The molecule has 0 aliphatic rings. The van der Waals surface area contributed by atoms with Crippen LogP contribution in [0.4, 0.5) is 4.39 Å². The molecule has 0 aliphatic carbocycles. The summed E-state index contributed by atoms with van der Waals surface area (Å²) in [6.45, 7) is 0. The van der Waals surface area contributed by atoms with Crippen LogP contribution < -0.4 is 0 Å². The van der Waals surface area contributed by atoms with Crippen LogP contribution in [0.1, 0.15) is 0 Å². The van der Waals surface area contributed by atoms with Crippen molar-refractivity contribution in [3.8, 4) is 0 Å². The second kappa shape index (κ2) is 2.97. The third kappa shape index (κ3) is 1.18. The van der Waals surface area contributed by atoms with Crippen molar-refractivity contribution >= 4 is 33.4 Å². The minimum absolute atomic E-state index is 0.252. The Kier molecular flexibility index (Phi) is 1.96. The van der Waals surface area contributed by atoms with Crippen molar-refractivity contribution in [2.24, 2.45) is 0 Å². The highest BCUT2D eigenvalue weighted by molar-refractivity contribution is 14.1. The molecule has 3 heteroatoms. The summed E-state index contributed by atoms with van der Waals surface area (Å²) in [4.78, 5) is 3.78. The van der Waals surface area contributed by atoms with Gasteiger partial charge in [0.25, 0.3) is 0 Å². The third-order valence-corrected chi connectivity index (χ3v) is 2.59. The molecule has 2 aromatic rings. The highest BCUT2D eigenvalue weighted by Crippen LogP contribution is 2.21. The van der Waals surface area contributed by atoms with Crippen LogP contribution in [0.15, 0.2) is 30.6 Å². The van der Waals surface area contributed by atoms with Crippen molar-refractivity contribution < 1.29 is 4.39 Å². The molecule has 60 valence electrons. The SMILES string of the molecule is Fc1cncc2cccc(I)c12. The van der Waals surface area contributed by atoms with Gasteiger partial charge in [-0.25, -0.2) is 4.39 Å². The van der Waals surface area contributed by atoms with Crippen molar-refractivity contribution in [3.05, 3.63) is 40.0 Å². The minimum Gasteiger partial charge on any atom is -0.261 e. The summed E-state index contributed by atoms with van der Waals surface area (Å²) in [5.74, 6) is -0.252. The normalized spacial score (nSPS) is 10.5. The summed E-state index contributed by atoms with van der Waals surface area (Å²) in [6, 6.07) is 5.63. The predicted octanol–water partition coefficient (Wildman–Crippen LogP) is 2.98. The Morgan fingerprint density at radius 2 is 2.08 bits per heavy atom. The maximum atomic E-state index is 13.2. The van der Waals surface area contributed by atoms with Crippen LogP contribution in [0.25, 0.3) is 10.8 Å². The number of fused-ring (bicyclic) bond motifs is 1. The zero-order valence-electron chi connectivity index (χ0n) is 6.09. The second-order valence-electron chi connectivity index (χ2n) is 2.46. The van der Waals surface area contributed by atoms with Crippen molar-refractivity contribution in [2.45, 2.75) is 0 Å². The molecule has 0 N–H and O–H groups in total. The summed E-state index contributed by atoms with van der Waals surface area (Å²) in [5.41, 5.74) is 0. The number of hydrogen-bond donors (Lipinski definition) is 0. The Morgan fingerprint density at radius 3 is 2.83 bits per heavy atom. The highest BCUT2D eigenvalue weighted by Gasteiger charge is 2.02. The van der Waals surface area contributed by atoms with Crippen LogP contribution in [0.3, 0.4) is 0 Å². The van der Waals surface area contributed by atoms with E-state index in [1.165, 1.54) is 6.20 Å². The van der Waals surface area contributed by atoms with Gasteiger partial charge in [0.2, 0.25) is 0 Å². The smallest absolute Gasteiger partial charge is 0.150 e. The standard InChI is InChI=1S/C9H5FIN/c10-7-5-12-4-6-2-1-3-8(11)9(6)7/h1-5H. The molecule has 0 fully saturated rings. The number of aromatic nitrogens is 1. The molecule has 0 aliphatic heterocycles. The van der Waals surface area contributed by atoms with Gasteiger partial charge in [-0.15, -0.1) is 0 Å². The molecule has 1 aromatic heterocycles. The highest BCUT2D eigenvalue weighted by atomic mass is 127. The molecule has 12 heavy (non-hydrogen) atoms. The van der Waals surface area contributed by atoms with Crippen LogP contribution in [-0.4, -0.2) is 4.98 Å². The first kappa shape index (κ1) is 7.91. The van der Waals surface area contributed by atoms with E-state index in [1.54, 1.807) is 6.20 Å². The first-order chi connectivity index (χ1) is 5.79. The van der Waals surface area contributed by atoms with Crippen molar-refractivity contribution in [3.63, 3.8) is 0 Å². The van der Waals surface area contributed by atoms with E-state index in [-0.39, 0.29) is 5.82 Å². The average molecular weight is 273 g/mol. The quantitative estimate of drug-likeness (QED) is 0.672. The Balaban J connectivity index is 2.96. The van der Waals surface area contributed by atoms with Crippen molar-refractivity contribution in [2.75, 3.05) is 0 Å². The fourth-order valence-electron chi connectivity index (χ4n) is 1.15. The summed E-state index contributed by atoms with van der Waals surface area (Å²) in [5, 5.41) is 1.51. The monoisotopic (exact) mass is 273 g/mol. The Morgan fingerprint density at radius 1 is 1.25 bits per heavy atom. The van der Waals surface area contributed by atoms with Gasteiger partial charge in [0.05, 0.1) is 6.20 Å².